The maximum absolute atomic E-state index is 6.08. The number of hydrogen-bond donors (Lipinski definition) is 0. The molecule has 0 N–H and O–H groups in total. The molecule has 0 unspecified atom stereocenters. The Morgan fingerprint density at radius 1 is 1.26 bits per heavy atom. The van der Waals surface area contributed by atoms with Gasteiger partial charge in [0.2, 0.25) is 0 Å². The molecule has 2 heterocycles. The molecule has 0 atom stereocenters. The van der Waals surface area contributed by atoms with E-state index in [0.717, 1.165) is 5.82 Å². The van der Waals surface area contributed by atoms with E-state index in [1.807, 2.05) is 6.07 Å². The van der Waals surface area contributed by atoms with Crippen molar-refractivity contribution >= 4 is 23.2 Å². The van der Waals surface area contributed by atoms with Gasteiger partial charge in [0.25, 0.3) is 5.78 Å². The van der Waals surface area contributed by atoms with E-state index in [-0.39, 0.29) is 0 Å². The van der Waals surface area contributed by atoms with Crippen LogP contribution in [0.4, 0.5) is 5.82 Å². The number of fused-ring (bicyclic) bond motifs is 1. The number of hydrogen-bond acceptors (Lipinski definition) is 4. The predicted octanol–water partition coefficient (Wildman–Crippen LogP) is 2.94. The molecule has 19 heavy (non-hydrogen) atoms. The summed E-state index contributed by atoms with van der Waals surface area (Å²) in [6.07, 6.45) is 9.27. The van der Waals surface area contributed by atoms with Crippen molar-refractivity contribution in [3.63, 3.8) is 0 Å². The van der Waals surface area contributed by atoms with Crippen LogP contribution in [0.3, 0.4) is 0 Å². The van der Waals surface area contributed by atoms with Gasteiger partial charge in [-0.2, -0.15) is 19.6 Å². The van der Waals surface area contributed by atoms with Crippen molar-refractivity contribution in [2.75, 3.05) is 11.9 Å². The highest BCUT2D eigenvalue weighted by molar-refractivity contribution is 6.29. The summed E-state index contributed by atoms with van der Waals surface area (Å²) in [5.41, 5.74) is 0. The molecule has 0 bridgehead atoms. The fourth-order valence-corrected chi connectivity index (χ4v) is 3.03. The maximum Gasteiger partial charge on any atom is 0.255 e. The summed E-state index contributed by atoms with van der Waals surface area (Å²) in [4.78, 5) is 10.6. The molecule has 2 aromatic heterocycles. The molecule has 0 spiro atoms. The highest BCUT2D eigenvalue weighted by Crippen LogP contribution is 2.26. The summed E-state index contributed by atoms with van der Waals surface area (Å²) in [6.45, 7) is 0. The van der Waals surface area contributed by atoms with Crippen molar-refractivity contribution in [1.29, 1.82) is 0 Å². The molecule has 6 heteroatoms. The Morgan fingerprint density at radius 3 is 2.74 bits per heavy atom. The van der Waals surface area contributed by atoms with Gasteiger partial charge >= 0.3 is 0 Å². The molecular formula is C13H18ClN5. The number of rotatable bonds is 2. The van der Waals surface area contributed by atoms with Crippen LogP contribution in [-0.2, 0) is 0 Å². The molecular weight excluding hydrogens is 262 g/mol. The molecule has 1 aliphatic carbocycles. The van der Waals surface area contributed by atoms with E-state index >= 15 is 0 Å². The van der Waals surface area contributed by atoms with Gasteiger partial charge < -0.3 is 4.90 Å². The second-order valence-electron chi connectivity index (χ2n) is 5.17. The highest BCUT2D eigenvalue weighted by atomic mass is 35.5. The van der Waals surface area contributed by atoms with E-state index in [4.69, 9.17) is 11.6 Å². The van der Waals surface area contributed by atoms with Gasteiger partial charge in [-0.3, -0.25) is 0 Å². The van der Waals surface area contributed by atoms with Crippen molar-refractivity contribution in [3.05, 3.63) is 17.5 Å². The minimum absolute atomic E-state index is 0.468. The fraction of sp³-hybridized carbons (Fsp3) is 0.615. The molecule has 1 saturated carbocycles. The molecule has 5 nitrogen and oxygen atoms in total. The lowest BCUT2D eigenvalue weighted by molar-refractivity contribution is 0.545. The third-order valence-electron chi connectivity index (χ3n) is 3.94. The van der Waals surface area contributed by atoms with Crippen LogP contribution in [0.25, 0.3) is 5.78 Å². The van der Waals surface area contributed by atoms with Crippen LogP contribution in [-0.4, -0.2) is 32.7 Å². The maximum atomic E-state index is 6.08. The standard InChI is InChI=1S/C13H18ClN5/c1-18(10-6-4-2-3-5-7-10)12-8-11(14)17-13-15-9-16-19(12)13/h8-10H,2-7H2,1H3. The summed E-state index contributed by atoms with van der Waals surface area (Å²) >= 11 is 6.08. The predicted molar refractivity (Wildman–Crippen MR) is 75.7 cm³/mol. The minimum atomic E-state index is 0.468. The van der Waals surface area contributed by atoms with Crippen LogP contribution in [0.5, 0.6) is 0 Å². The molecule has 0 radical (unpaired) electrons. The average Bonchev–Trinajstić information content (AvgIpc) is 2.70. The Kier molecular flexibility index (Phi) is 3.55. The Morgan fingerprint density at radius 2 is 2.00 bits per heavy atom. The first-order chi connectivity index (χ1) is 9.25. The first-order valence-electron chi connectivity index (χ1n) is 6.85. The number of nitrogens with zero attached hydrogens (tertiary/aromatic N) is 5. The highest BCUT2D eigenvalue weighted by Gasteiger charge is 2.20. The number of halogens is 1. The van der Waals surface area contributed by atoms with Crippen LogP contribution >= 0.6 is 11.6 Å². The fourth-order valence-electron chi connectivity index (χ4n) is 2.85. The molecule has 0 saturated heterocycles. The van der Waals surface area contributed by atoms with E-state index in [0.29, 0.717) is 17.0 Å². The summed E-state index contributed by atoms with van der Waals surface area (Å²) < 4.78 is 1.76. The second kappa shape index (κ2) is 5.33. The van der Waals surface area contributed by atoms with Gasteiger partial charge in [-0.05, 0) is 12.8 Å². The SMILES string of the molecule is CN(c1cc(Cl)nc2ncnn12)C1CCCCCC1. The lowest BCUT2D eigenvalue weighted by Crippen LogP contribution is -2.32. The van der Waals surface area contributed by atoms with Gasteiger partial charge in [0, 0.05) is 19.2 Å². The van der Waals surface area contributed by atoms with E-state index < -0.39 is 0 Å². The first kappa shape index (κ1) is 12.7. The lowest BCUT2D eigenvalue weighted by atomic mass is 10.1. The zero-order chi connectivity index (χ0) is 13.2. The van der Waals surface area contributed by atoms with E-state index in [2.05, 4.69) is 27.0 Å². The van der Waals surface area contributed by atoms with Gasteiger partial charge in [0.05, 0.1) is 0 Å². The van der Waals surface area contributed by atoms with Crippen LogP contribution in [0.2, 0.25) is 5.15 Å². The molecule has 2 aromatic rings. The van der Waals surface area contributed by atoms with Crippen molar-refractivity contribution < 1.29 is 0 Å². The Balaban J connectivity index is 1.95. The monoisotopic (exact) mass is 279 g/mol. The van der Waals surface area contributed by atoms with Gasteiger partial charge in [0.1, 0.15) is 17.3 Å². The van der Waals surface area contributed by atoms with Crippen molar-refractivity contribution in [1.82, 2.24) is 19.6 Å². The van der Waals surface area contributed by atoms with Crippen molar-refractivity contribution in [3.8, 4) is 0 Å². The van der Waals surface area contributed by atoms with E-state index in [1.165, 1.54) is 44.9 Å². The smallest absolute Gasteiger partial charge is 0.255 e. The molecule has 0 aromatic carbocycles. The first-order valence-corrected chi connectivity index (χ1v) is 7.22. The van der Waals surface area contributed by atoms with Gasteiger partial charge in [-0.25, -0.2) is 0 Å². The number of aromatic nitrogens is 4. The third-order valence-corrected chi connectivity index (χ3v) is 4.13. The number of anilines is 1. The summed E-state index contributed by atoms with van der Waals surface area (Å²) in [5.74, 6) is 1.53. The van der Waals surface area contributed by atoms with Gasteiger partial charge in [-0.15, -0.1) is 0 Å². The lowest BCUT2D eigenvalue weighted by Gasteiger charge is -2.29. The molecule has 0 amide bonds. The van der Waals surface area contributed by atoms with Crippen LogP contribution < -0.4 is 4.90 Å². The van der Waals surface area contributed by atoms with Crippen LogP contribution in [0.15, 0.2) is 12.4 Å². The van der Waals surface area contributed by atoms with E-state index in [1.54, 1.807) is 4.52 Å². The average molecular weight is 280 g/mol. The van der Waals surface area contributed by atoms with Gasteiger partial charge in [-0.1, -0.05) is 37.3 Å². The Labute approximate surface area is 117 Å². The molecule has 1 aliphatic rings. The normalized spacial score (nSPS) is 17.6. The summed E-state index contributed by atoms with van der Waals surface area (Å²) in [6, 6.07) is 2.42. The Bertz CT molecular complexity index is 559. The third kappa shape index (κ3) is 2.52. The molecule has 0 aliphatic heterocycles. The Hall–Kier alpha value is -1.36. The summed E-state index contributed by atoms with van der Waals surface area (Å²) in [5, 5.41) is 4.71. The topological polar surface area (TPSA) is 46.3 Å². The zero-order valence-electron chi connectivity index (χ0n) is 11.1. The molecule has 3 rings (SSSR count). The zero-order valence-corrected chi connectivity index (χ0v) is 11.8. The quantitative estimate of drug-likeness (QED) is 0.626. The minimum Gasteiger partial charge on any atom is -0.356 e. The van der Waals surface area contributed by atoms with Crippen LogP contribution in [0.1, 0.15) is 38.5 Å². The largest absolute Gasteiger partial charge is 0.356 e. The van der Waals surface area contributed by atoms with Gasteiger partial charge in [0.15, 0.2) is 0 Å². The second-order valence-corrected chi connectivity index (χ2v) is 5.55. The van der Waals surface area contributed by atoms with Crippen molar-refractivity contribution in [2.45, 2.75) is 44.6 Å². The van der Waals surface area contributed by atoms with E-state index in [9.17, 15) is 0 Å². The van der Waals surface area contributed by atoms with Crippen LogP contribution in [0, 0.1) is 0 Å². The molecule has 1 fully saturated rings. The molecule has 102 valence electrons. The summed E-state index contributed by atoms with van der Waals surface area (Å²) in [7, 11) is 2.11. The van der Waals surface area contributed by atoms with Crippen molar-refractivity contribution in [2.24, 2.45) is 0 Å².